The summed E-state index contributed by atoms with van der Waals surface area (Å²) >= 11 is 5.95. The summed E-state index contributed by atoms with van der Waals surface area (Å²) < 4.78 is 39.3. The molecule has 0 aromatic heterocycles. The Morgan fingerprint density at radius 1 is 1.45 bits per heavy atom. The van der Waals surface area contributed by atoms with Crippen LogP contribution in [-0.4, -0.2) is 40.3 Å². The van der Waals surface area contributed by atoms with Gasteiger partial charge in [-0.3, -0.25) is 9.69 Å². The lowest BCUT2D eigenvalue weighted by Crippen LogP contribution is -2.47. The number of likely N-dealkylation sites (tertiary alicyclic amines) is 1. The third kappa shape index (κ3) is 2.87. The maximum Gasteiger partial charge on any atom is 0.406 e. The summed E-state index contributed by atoms with van der Waals surface area (Å²) in [6.45, 7) is 1.05. The lowest BCUT2D eigenvalue weighted by atomic mass is 9.86. The van der Waals surface area contributed by atoms with Gasteiger partial charge in [0.15, 0.2) is 5.41 Å². The van der Waals surface area contributed by atoms with Crippen LogP contribution in [0.25, 0.3) is 0 Å². The van der Waals surface area contributed by atoms with Crippen LogP contribution in [0.1, 0.15) is 17.5 Å². The van der Waals surface area contributed by atoms with Gasteiger partial charge < -0.3 is 10.2 Å². The normalized spacial score (nSPS) is 23.0. The highest BCUT2D eigenvalue weighted by Crippen LogP contribution is 2.46. The summed E-state index contributed by atoms with van der Waals surface area (Å²) in [6, 6.07) is 2.92. The SMILES string of the molecule is Cc1cc(O)c(CN2CCC(C(=O)O)(C(F)(F)F)C2)cc1Cl. The molecule has 8 heteroatoms. The number of alkyl halides is 3. The van der Waals surface area contributed by atoms with E-state index in [1.165, 1.54) is 17.0 Å². The molecule has 1 aliphatic rings. The Bertz CT molecular complexity index is 606. The molecule has 1 unspecified atom stereocenters. The predicted molar refractivity (Wildman–Crippen MR) is 73.9 cm³/mol. The molecule has 1 atom stereocenters. The Balaban J connectivity index is 2.21. The zero-order valence-electron chi connectivity index (χ0n) is 11.7. The van der Waals surface area contributed by atoms with Crippen molar-refractivity contribution in [3.63, 3.8) is 0 Å². The molecule has 4 nitrogen and oxygen atoms in total. The summed E-state index contributed by atoms with van der Waals surface area (Å²) in [6.07, 6.45) is -5.33. The van der Waals surface area contributed by atoms with Gasteiger partial charge in [0.05, 0.1) is 0 Å². The molecule has 1 aromatic rings. The van der Waals surface area contributed by atoms with Crippen molar-refractivity contribution < 1.29 is 28.2 Å². The number of carboxylic acid groups (broad SMARTS) is 1. The molecule has 0 bridgehead atoms. The van der Waals surface area contributed by atoms with E-state index in [2.05, 4.69) is 0 Å². The monoisotopic (exact) mass is 337 g/mol. The first-order valence-corrected chi connectivity index (χ1v) is 6.95. The van der Waals surface area contributed by atoms with Gasteiger partial charge in [-0.25, -0.2) is 0 Å². The van der Waals surface area contributed by atoms with E-state index in [0.717, 1.165) is 0 Å². The lowest BCUT2D eigenvalue weighted by molar-refractivity contribution is -0.227. The fraction of sp³-hybridized carbons (Fsp3) is 0.500. The Hall–Kier alpha value is -1.47. The van der Waals surface area contributed by atoms with Gasteiger partial charge in [-0.05, 0) is 31.0 Å². The minimum atomic E-state index is -4.82. The minimum Gasteiger partial charge on any atom is -0.508 e. The molecule has 1 aromatic carbocycles. The zero-order chi connectivity index (χ0) is 16.7. The second-order valence-electron chi connectivity index (χ2n) is 5.58. The van der Waals surface area contributed by atoms with E-state index in [9.17, 15) is 23.1 Å². The lowest BCUT2D eigenvalue weighted by Gasteiger charge is -2.27. The van der Waals surface area contributed by atoms with Crippen molar-refractivity contribution >= 4 is 17.6 Å². The number of phenolic OH excluding ortho intramolecular Hbond substituents is 1. The van der Waals surface area contributed by atoms with E-state index >= 15 is 0 Å². The van der Waals surface area contributed by atoms with Crippen LogP contribution in [0.2, 0.25) is 5.02 Å². The molecule has 1 heterocycles. The third-order valence-electron chi connectivity index (χ3n) is 4.05. The van der Waals surface area contributed by atoms with Crippen LogP contribution in [0.4, 0.5) is 13.2 Å². The highest BCUT2D eigenvalue weighted by Gasteiger charge is 2.63. The van der Waals surface area contributed by atoms with E-state index in [4.69, 9.17) is 16.7 Å². The van der Waals surface area contributed by atoms with Crippen molar-refractivity contribution in [2.45, 2.75) is 26.1 Å². The first kappa shape index (κ1) is 16.9. The minimum absolute atomic E-state index is 0.0109. The average molecular weight is 338 g/mol. The van der Waals surface area contributed by atoms with Gasteiger partial charge in [-0.15, -0.1) is 0 Å². The molecule has 1 fully saturated rings. The molecule has 0 saturated carbocycles. The third-order valence-corrected chi connectivity index (χ3v) is 4.46. The van der Waals surface area contributed by atoms with Crippen LogP contribution >= 0.6 is 11.6 Å². The number of phenols is 1. The number of halogens is 4. The molecule has 122 valence electrons. The van der Waals surface area contributed by atoms with Crippen LogP contribution in [0.3, 0.4) is 0 Å². The van der Waals surface area contributed by atoms with Crippen molar-refractivity contribution in [1.29, 1.82) is 0 Å². The first-order chi connectivity index (χ1) is 10.1. The number of carboxylic acids is 1. The van der Waals surface area contributed by atoms with Gasteiger partial charge in [-0.1, -0.05) is 11.6 Å². The number of nitrogens with zero attached hydrogens (tertiary/aromatic N) is 1. The topological polar surface area (TPSA) is 60.8 Å². The molecule has 1 aliphatic heterocycles. The van der Waals surface area contributed by atoms with Crippen molar-refractivity contribution in [3.05, 3.63) is 28.3 Å². The van der Waals surface area contributed by atoms with Crippen molar-refractivity contribution in [2.24, 2.45) is 5.41 Å². The fourth-order valence-corrected chi connectivity index (χ4v) is 2.81. The van der Waals surface area contributed by atoms with E-state index in [1.54, 1.807) is 6.92 Å². The van der Waals surface area contributed by atoms with Crippen molar-refractivity contribution in [3.8, 4) is 5.75 Å². The van der Waals surface area contributed by atoms with E-state index in [0.29, 0.717) is 16.1 Å². The number of hydrogen-bond acceptors (Lipinski definition) is 3. The predicted octanol–water partition coefficient (Wildman–Crippen LogP) is 3.19. The van der Waals surface area contributed by atoms with Crippen LogP contribution in [-0.2, 0) is 11.3 Å². The highest BCUT2D eigenvalue weighted by molar-refractivity contribution is 6.31. The largest absolute Gasteiger partial charge is 0.508 e. The first-order valence-electron chi connectivity index (χ1n) is 6.57. The van der Waals surface area contributed by atoms with Crippen molar-refractivity contribution in [2.75, 3.05) is 13.1 Å². The Morgan fingerprint density at radius 2 is 2.09 bits per heavy atom. The van der Waals surface area contributed by atoms with Gasteiger partial charge in [0.25, 0.3) is 0 Å². The summed E-state index contributed by atoms with van der Waals surface area (Å²) in [5.74, 6) is -1.93. The molecule has 0 amide bonds. The molecule has 0 spiro atoms. The van der Waals surface area contributed by atoms with Crippen LogP contribution in [0.5, 0.6) is 5.75 Å². The molecule has 22 heavy (non-hydrogen) atoms. The number of carbonyl (C=O) groups is 1. The number of aromatic hydroxyl groups is 1. The fourth-order valence-electron chi connectivity index (χ4n) is 2.63. The summed E-state index contributed by atoms with van der Waals surface area (Å²) in [7, 11) is 0. The molecule has 0 aliphatic carbocycles. The number of rotatable bonds is 3. The Kier molecular flexibility index (Phi) is 4.32. The van der Waals surface area contributed by atoms with Gasteiger partial charge >= 0.3 is 12.1 Å². The number of benzene rings is 1. The van der Waals surface area contributed by atoms with Gasteiger partial charge in [-0.2, -0.15) is 13.2 Å². The molecule has 2 N–H and O–H groups in total. The maximum absolute atomic E-state index is 13.1. The smallest absolute Gasteiger partial charge is 0.406 e. The number of aryl methyl sites for hydroxylation is 1. The standard InChI is InChI=1S/C14H15ClF3NO3/c1-8-4-11(20)9(5-10(8)15)6-19-3-2-13(7-19,12(21)22)14(16,17)18/h4-5,20H,2-3,6-7H2,1H3,(H,21,22). The quantitative estimate of drug-likeness (QED) is 0.889. The Labute approximate surface area is 130 Å². The van der Waals surface area contributed by atoms with Gasteiger partial charge in [0.1, 0.15) is 5.75 Å². The second-order valence-corrected chi connectivity index (χ2v) is 5.98. The molecular weight excluding hydrogens is 323 g/mol. The highest BCUT2D eigenvalue weighted by atomic mass is 35.5. The van der Waals surface area contributed by atoms with E-state index in [-0.39, 0.29) is 18.8 Å². The zero-order valence-corrected chi connectivity index (χ0v) is 12.5. The summed E-state index contributed by atoms with van der Waals surface area (Å²) in [5, 5.41) is 19.2. The van der Waals surface area contributed by atoms with Gasteiger partial charge in [0.2, 0.25) is 0 Å². The Morgan fingerprint density at radius 3 is 2.59 bits per heavy atom. The molecular formula is C14H15ClF3NO3. The number of hydrogen-bond donors (Lipinski definition) is 2. The number of aliphatic carboxylic acids is 1. The molecule has 0 radical (unpaired) electrons. The van der Waals surface area contributed by atoms with Crippen LogP contribution in [0, 0.1) is 12.3 Å². The molecule has 2 rings (SSSR count). The van der Waals surface area contributed by atoms with Crippen molar-refractivity contribution in [1.82, 2.24) is 4.90 Å². The van der Waals surface area contributed by atoms with Gasteiger partial charge in [0, 0.05) is 30.2 Å². The van der Waals surface area contributed by atoms with E-state index < -0.39 is 30.5 Å². The van der Waals surface area contributed by atoms with Crippen LogP contribution < -0.4 is 0 Å². The van der Waals surface area contributed by atoms with Crippen LogP contribution in [0.15, 0.2) is 12.1 Å². The maximum atomic E-state index is 13.1. The molecule has 1 saturated heterocycles. The second kappa shape index (κ2) is 5.62. The average Bonchev–Trinajstić information content (AvgIpc) is 2.81. The summed E-state index contributed by atoms with van der Waals surface area (Å²) in [5.41, 5.74) is -1.73. The van der Waals surface area contributed by atoms with E-state index in [1.807, 2.05) is 0 Å². The summed E-state index contributed by atoms with van der Waals surface area (Å²) in [4.78, 5) is 12.5.